The highest BCUT2D eigenvalue weighted by molar-refractivity contribution is 5.47. The highest BCUT2D eigenvalue weighted by Crippen LogP contribution is 1.98. The zero-order chi connectivity index (χ0) is 7.56. The van der Waals surface area contributed by atoms with Crippen LogP contribution < -0.4 is 5.32 Å². The maximum atomic E-state index is 10.2. The van der Waals surface area contributed by atoms with Gasteiger partial charge in [-0.05, 0) is 6.92 Å². The maximum Gasteiger partial charge on any atom is 0.209 e. The fraction of sp³-hybridized carbons (Fsp3) is 0.833. The van der Waals surface area contributed by atoms with Crippen LogP contribution in [0.3, 0.4) is 0 Å². The number of β-amino-alcohol motifs (C(OH)–C–C–N with tert-alkyl or cyclic N) is 1. The van der Waals surface area contributed by atoms with Crippen LogP contribution in [0, 0.1) is 0 Å². The molecule has 4 heteroatoms. The second kappa shape index (κ2) is 2.98. The lowest BCUT2D eigenvalue weighted by Crippen LogP contribution is -2.54. The Morgan fingerprint density at radius 1 is 1.70 bits per heavy atom. The molecule has 1 fully saturated rings. The third-order valence-electron chi connectivity index (χ3n) is 1.54. The Morgan fingerprint density at radius 2 is 2.40 bits per heavy atom. The van der Waals surface area contributed by atoms with Crippen LogP contribution in [-0.2, 0) is 4.79 Å². The van der Waals surface area contributed by atoms with Crippen LogP contribution in [0.15, 0.2) is 0 Å². The first-order valence-electron chi connectivity index (χ1n) is 3.36. The van der Waals surface area contributed by atoms with Crippen molar-refractivity contribution < 1.29 is 9.90 Å². The Morgan fingerprint density at radius 3 is 2.90 bits per heavy atom. The monoisotopic (exact) mass is 144 g/mol. The van der Waals surface area contributed by atoms with E-state index in [1.807, 2.05) is 6.92 Å². The minimum Gasteiger partial charge on any atom is -0.377 e. The molecule has 2 atom stereocenters. The molecule has 0 bridgehead atoms. The molecule has 1 saturated heterocycles. The highest BCUT2D eigenvalue weighted by Gasteiger charge is 2.19. The number of rotatable bonds is 1. The van der Waals surface area contributed by atoms with Crippen LogP contribution in [0.2, 0.25) is 0 Å². The topological polar surface area (TPSA) is 52.6 Å². The van der Waals surface area contributed by atoms with Gasteiger partial charge in [0.1, 0.15) is 6.23 Å². The summed E-state index contributed by atoms with van der Waals surface area (Å²) in [6.45, 7) is 3.01. The highest BCUT2D eigenvalue weighted by atomic mass is 16.3. The van der Waals surface area contributed by atoms with E-state index in [1.165, 1.54) is 0 Å². The van der Waals surface area contributed by atoms with Gasteiger partial charge in [-0.3, -0.25) is 10.1 Å². The smallest absolute Gasteiger partial charge is 0.209 e. The minimum atomic E-state index is -0.561. The Bertz CT molecular complexity index is 119. The van der Waals surface area contributed by atoms with E-state index in [1.54, 1.807) is 4.90 Å². The van der Waals surface area contributed by atoms with E-state index in [-0.39, 0.29) is 6.04 Å². The molecule has 0 aliphatic carbocycles. The Kier molecular flexibility index (Phi) is 2.24. The van der Waals surface area contributed by atoms with Crippen molar-refractivity contribution in [3.8, 4) is 0 Å². The lowest BCUT2D eigenvalue weighted by molar-refractivity contribution is -0.122. The normalized spacial score (nSPS) is 34.0. The first-order chi connectivity index (χ1) is 4.72. The molecule has 10 heavy (non-hydrogen) atoms. The molecule has 1 heterocycles. The number of aliphatic hydroxyl groups excluding tert-OH is 1. The van der Waals surface area contributed by atoms with Crippen LogP contribution >= 0.6 is 0 Å². The van der Waals surface area contributed by atoms with Gasteiger partial charge in [-0.1, -0.05) is 0 Å². The zero-order valence-electron chi connectivity index (χ0n) is 5.95. The summed E-state index contributed by atoms with van der Waals surface area (Å²) in [5.41, 5.74) is 0. The lowest BCUT2D eigenvalue weighted by atomic mass is 10.2. The molecule has 0 aromatic carbocycles. The first-order valence-corrected chi connectivity index (χ1v) is 3.36. The quantitative estimate of drug-likeness (QED) is 0.452. The van der Waals surface area contributed by atoms with Crippen molar-refractivity contribution in [3.63, 3.8) is 0 Å². The van der Waals surface area contributed by atoms with E-state index in [9.17, 15) is 4.79 Å². The number of carbonyl (C=O) groups is 1. The summed E-state index contributed by atoms with van der Waals surface area (Å²) < 4.78 is 0. The number of piperazine rings is 1. The SMILES string of the molecule is CC1CN(C=O)CC(O)N1. The maximum absolute atomic E-state index is 10.2. The summed E-state index contributed by atoms with van der Waals surface area (Å²) in [6.07, 6.45) is 0.203. The third kappa shape index (κ3) is 1.68. The van der Waals surface area contributed by atoms with E-state index < -0.39 is 6.23 Å². The summed E-state index contributed by atoms with van der Waals surface area (Å²) in [4.78, 5) is 11.8. The summed E-state index contributed by atoms with van der Waals surface area (Å²) >= 11 is 0. The molecule has 2 unspecified atom stereocenters. The van der Waals surface area contributed by atoms with Gasteiger partial charge in [-0.15, -0.1) is 0 Å². The number of hydrogen-bond acceptors (Lipinski definition) is 3. The minimum absolute atomic E-state index is 0.189. The number of aliphatic hydroxyl groups is 1. The van der Waals surface area contributed by atoms with Gasteiger partial charge in [-0.25, -0.2) is 0 Å². The molecule has 58 valence electrons. The van der Waals surface area contributed by atoms with Crippen LogP contribution in [0.4, 0.5) is 0 Å². The predicted octanol–water partition coefficient (Wildman–Crippen LogP) is -1.25. The van der Waals surface area contributed by atoms with Crippen LogP contribution in [-0.4, -0.2) is 41.8 Å². The van der Waals surface area contributed by atoms with Crippen molar-refractivity contribution in [2.75, 3.05) is 13.1 Å². The van der Waals surface area contributed by atoms with Gasteiger partial charge in [0.2, 0.25) is 6.41 Å². The van der Waals surface area contributed by atoms with Crippen molar-refractivity contribution in [1.29, 1.82) is 0 Å². The van der Waals surface area contributed by atoms with Gasteiger partial charge in [0.05, 0.1) is 6.54 Å². The zero-order valence-corrected chi connectivity index (χ0v) is 5.95. The summed E-state index contributed by atoms with van der Waals surface area (Å²) in [5, 5.41) is 12.0. The second-order valence-corrected chi connectivity index (χ2v) is 2.64. The number of hydrogen-bond donors (Lipinski definition) is 2. The average Bonchev–Trinajstić information content (AvgIpc) is 1.85. The molecule has 0 aromatic heterocycles. The predicted molar refractivity (Wildman–Crippen MR) is 36.2 cm³/mol. The van der Waals surface area contributed by atoms with Gasteiger partial charge in [-0.2, -0.15) is 0 Å². The Balaban J connectivity index is 2.42. The lowest BCUT2D eigenvalue weighted by Gasteiger charge is -2.32. The third-order valence-corrected chi connectivity index (χ3v) is 1.54. The fourth-order valence-corrected chi connectivity index (χ4v) is 1.17. The fourth-order valence-electron chi connectivity index (χ4n) is 1.17. The van der Waals surface area contributed by atoms with Crippen LogP contribution in [0.25, 0.3) is 0 Å². The summed E-state index contributed by atoms with van der Waals surface area (Å²) in [6, 6.07) is 0.189. The molecular weight excluding hydrogens is 132 g/mol. The van der Waals surface area contributed by atoms with Crippen molar-refractivity contribution in [3.05, 3.63) is 0 Å². The largest absolute Gasteiger partial charge is 0.377 e. The Labute approximate surface area is 59.8 Å². The standard InChI is InChI=1S/C6H12N2O2/c1-5-2-8(4-9)3-6(10)7-5/h4-7,10H,2-3H2,1H3. The van der Waals surface area contributed by atoms with E-state index in [0.717, 1.165) is 6.41 Å². The number of nitrogens with one attached hydrogen (secondary N) is 1. The van der Waals surface area contributed by atoms with Crippen molar-refractivity contribution in [2.45, 2.75) is 19.2 Å². The van der Waals surface area contributed by atoms with Gasteiger partial charge in [0.25, 0.3) is 0 Å². The molecule has 1 aliphatic rings. The number of nitrogens with zero attached hydrogens (tertiary/aromatic N) is 1. The van der Waals surface area contributed by atoms with Gasteiger partial charge in [0.15, 0.2) is 0 Å². The van der Waals surface area contributed by atoms with Crippen LogP contribution in [0.1, 0.15) is 6.92 Å². The van der Waals surface area contributed by atoms with Gasteiger partial charge >= 0.3 is 0 Å². The molecule has 0 radical (unpaired) electrons. The molecule has 2 N–H and O–H groups in total. The molecule has 1 amide bonds. The van der Waals surface area contributed by atoms with Crippen LogP contribution in [0.5, 0.6) is 0 Å². The average molecular weight is 144 g/mol. The van der Waals surface area contributed by atoms with Crippen molar-refractivity contribution >= 4 is 6.41 Å². The van der Waals surface area contributed by atoms with E-state index >= 15 is 0 Å². The van der Waals surface area contributed by atoms with E-state index in [2.05, 4.69) is 5.32 Å². The first kappa shape index (κ1) is 7.50. The number of carbonyl (C=O) groups excluding carboxylic acids is 1. The van der Waals surface area contributed by atoms with Gasteiger partial charge < -0.3 is 10.0 Å². The molecule has 1 aliphatic heterocycles. The molecule has 1 rings (SSSR count). The van der Waals surface area contributed by atoms with E-state index in [0.29, 0.717) is 13.1 Å². The van der Waals surface area contributed by atoms with E-state index in [4.69, 9.17) is 5.11 Å². The molecule has 0 spiro atoms. The van der Waals surface area contributed by atoms with Crippen molar-refractivity contribution in [1.82, 2.24) is 10.2 Å². The molecule has 0 saturated carbocycles. The summed E-state index contributed by atoms with van der Waals surface area (Å²) in [7, 11) is 0. The molecular formula is C6H12N2O2. The Hall–Kier alpha value is -0.610. The summed E-state index contributed by atoms with van der Waals surface area (Å²) in [5.74, 6) is 0. The van der Waals surface area contributed by atoms with Gasteiger partial charge in [0, 0.05) is 12.6 Å². The molecule has 0 aromatic rings. The molecule has 4 nitrogen and oxygen atoms in total. The second-order valence-electron chi connectivity index (χ2n) is 2.64. The van der Waals surface area contributed by atoms with Crippen molar-refractivity contribution in [2.24, 2.45) is 0 Å². The number of amides is 1.